The van der Waals surface area contributed by atoms with Crippen molar-refractivity contribution in [3.8, 4) is 0 Å². The van der Waals surface area contributed by atoms with E-state index in [1.165, 1.54) is 135 Å². The van der Waals surface area contributed by atoms with Crippen LogP contribution in [0.4, 0.5) is 0 Å². The highest BCUT2D eigenvalue weighted by atomic mass is 35.7. The minimum Gasteiger partial charge on any atom is -0.0654 e. The Bertz CT molecular complexity index is 259. The number of halogens is 1. The van der Waals surface area contributed by atoms with E-state index in [9.17, 15) is 0 Å². The van der Waals surface area contributed by atoms with Crippen molar-refractivity contribution in [2.24, 2.45) is 0 Å². The zero-order chi connectivity index (χ0) is 19.3. The average Bonchev–Trinajstić information content (AvgIpc) is 2.59. The lowest BCUT2D eigenvalue weighted by Crippen LogP contribution is -1.89. The molecule has 0 N–H and O–H groups in total. The van der Waals surface area contributed by atoms with E-state index in [0.29, 0.717) is 0 Å². The van der Waals surface area contributed by atoms with Crippen LogP contribution in [0.5, 0.6) is 0 Å². The third-order valence-electron chi connectivity index (χ3n) is 5.54. The third-order valence-corrected chi connectivity index (χ3v) is 7.43. The molecule has 0 aliphatic carbocycles. The van der Waals surface area contributed by atoms with Gasteiger partial charge in [-0.1, -0.05) is 122 Å². The van der Waals surface area contributed by atoms with E-state index in [2.05, 4.69) is 20.3 Å². The molecule has 0 saturated heterocycles. The van der Waals surface area contributed by atoms with Gasteiger partial charge in [0.05, 0.1) is 30.7 Å². The van der Waals surface area contributed by atoms with E-state index in [1.807, 2.05) is 0 Å². The standard InChI is InChI=1S/C24H51ClP/c1-4-5-6-7-8-9-10-11-12-13-14-15-16-17-18-19-20-21-22-23-24-26(2,3)25/h4-24H2,1-3H3/q+1. The van der Waals surface area contributed by atoms with E-state index in [4.69, 9.17) is 11.2 Å². The molecule has 0 spiro atoms. The van der Waals surface area contributed by atoms with Crippen molar-refractivity contribution in [3.63, 3.8) is 0 Å². The average molecular weight is 406 g/mol. The van der Waals surface area contributed by atoms with Crippen LogP contribution in [-0.4, -0.2) is 19.5 Å². The first kappa shape index (κ1) is 26.7. The Kier molecular flexibility index (Phi) is 21.0. The maximum absolute atomic E-state index is 6.33. The Balaban J connectivity index is 3.01. The van der Waals surface area contributed by atoms with Gasteiger partial charge in [0.25, 0.3) is 0 Å². The van der Waals surface area contributed by atoms with E-state index < -0.39 is 6.62 Å². The van der Waals surface area contributed by atoms with Crippen LogP contribution < -0.4 is 0 Å². The van der Waals surface area contributed by atoms with Crippen LogP contribution in [0.1, 0.15) is 135 Å². The first-order valence-electron chi connectivity index (χ1n) is 12.1. The lowest BCUT2D eigenvalue weighted by Gasteiger charge is -2.07. The van der Waals surface area contributed by atoms with Gasteiger partial charge in [0.15, 0.2) is 0 Å². The molecule has 0 heterocycles. The number of hydrogen-bond donors (Lipinski definition) is 0. The molecule has 26 heavy (non-hydrogen) atoms. The Labute approximate surface area is 172 Å². The molecule has 0 rings (SSSR count). The molecule has 0 fully saturated rings. The fourth-order valence-corrected chi connectivity index (χ4v) is 5.08. The maximum Gasteiger partial charge on any atom is 0.107 e. The Morgan fingerprint density at radius 2 is 0.654 bits per heavy atom. The molecule has 0 bridgehead atoms. The summed E-state index contributed by atoms with van der Waals surface area (Å²) in [6, 6.07) is 0. The highest BCUT2D eigenvalue weighted by Crippen LogP contribution is 2.57. The molecule has 0 aliphatic rings. The van der Waals surface area contributed by atoms with Gasteiger partial charge in [0, 0.05) is 0 Å². The van der Waals surface area contributed by atoms with Crippen LogP contribution in [-0.2, 0) is 0 Å². The van der Waals surface area contributed by atoms with Gasteiger partial charge in [-0.05, 0) is 12.8 Å². The van der Waals surface area contributed by atoms with Crippen LogP contribution >= 0.6 is 17.9 Å². The van der Waals surface area contributed by atoms with Gasteiger partial charge in [0.2, 0.25) is 0 Å². The summed E-state index contributed by atoms with van der Waals surface area (Å²) in [6.45, 7) is 5.74. The molecular formula is C24H51ClP+. The quantitative estimate of drug-likeness (QED) is 0.131. The van der Waals surface area contributed by atoms with Crippen molar-refractivity contribution in [1.82, 2.24) is 0 Å². The second kappa shape index (κ2) is 20.5. The molecule has 158 valence electrons. The van der Waals surface area contributed by atoms with Crippen molar-refractivity contribution in [1.29, 1.82) is 0 Å². The third kappa shape index (κ3) is 24.7. The van der Waals surface area contributed by atoms with Gasteiger partial charge >= 0.3 is 0 Å². The minimum atomic E-state index is -1.04. The first-order chi connectivity index (χ1) is 12.6. The van der Waals surface area contributed by atoms with Crippen molar-refractivity contribution >= 4 is 17.9 Å². The highest BCUT2D eigenvalue weighted by Gasteiger charge is 2.20. The lowest BCUT2D eigenvalue weighted by molar-refractivity contribution is 0.523. The largest absolute Gasteiger partial charge is 0.107 e. The summed E-state index contributed by atoms with van der Waals surface area (Å²) in [6.07, 6.45) is 30.3. The normalized spacial score (nSPS) is 12.0. The van der Waals surface area contributed by atoms with Crippen LogP contribution in [0.2, 0.25) is 0 Å². The van der Waals surface area contributed by atoms with Gasteiger partial charge in [-0.2, -0.15) is 0 Å². The van der Waals surface area contributed by atoms with E-state index in [0.717, 1.165) is 0 Å². The van der Waals surface area contributed by atoms with Crippen molar-refractivity contribution in [2.75, 3.05) is 19.5 Å². The number of hydrogen-bond acceptors (Lipinski definition) is 0. The molecule has 0 amide bonds. The molecule has 0 radical (unpaired) electrons. The summed E-state index contributed by atoms with van der Waals surface area (Å²) in [5.41, 5.74) is 0. The summed E-state index contributed by atoms with van der Waals surface area (Å²) in [4.78, 5) is 0. The predicted octanol–water partition coefficient (Wildman–Crippen LogP) is 10.2. The van der Waals surface area contributed by atoms with Gasteiger partial charge in [-0.15, -0.1) is 0 Å². The summed E-state index contributed by atoms with van der Waals surface area (Å²) in [5.74, 6) is 0. The van der Waals surface area contributed by atoms with Gasteiger partial charge in [-0.3, -0.25) is 0 Å². The minimum absolute atomic E-state index is 1.04. The zero-order valence-electron chi connectivity index (χ0n) is 18.7. The molecule has 0 nitrogen and oxygen atoms in total. The highest BCUT2D eigenvalue weighted by molar-refractivity contribution is 7.97. The lowest BCUT2D eigenvalue weighted by atomic mass is 10.0. The van der Waals surface area contributed by atoms with Crippen LogP contribution in [0.25, 0.3) is 0 Å². The second-order valence-corrected chi connectivity index (χ2v) is 15.2. The zero-order valence-corrected chi connectivity index (χ0v) is 20.3. The molecule has 0 saturated carbocycles. The van der Waals surface area contributed by atoms with Crippen LogP contribution in [0, 0.1) is 0 Å². The van der Waals surface area contributed by atoms with Crippen LogP contribution in [0.3, 0.4) is 0 Å². The molecule has 0 unspecified atom stereocenters. The van der Waals surface area contributed by atoms with Crippen molar-refractivity contribution in [3.05, 3.63) is 0 Å². The maximum atomic E-state index is 6.33. The summed E-state index contributed by atoms with van der Waals surface area (Å²) < 4.78 is 0. The molecule has 0 atom stereocenters. The first-order valence-corrected chi connectivity index (χ1v) is 15.9. The predicted molar refractivity (Wildman–Crippen MR) is 128 cm³/mol. The van der Waals surface area contributed by atoms with E-state index >= 15 is 0 Å². The van der Waals surface area contributed by atoms with Gasteiger partial charge < -0.3 is 0 Å². The molecule has 0 aliphatic heterocycles. The van der Waals surface area contributed by atoms with Crippen molar-refractivity contribution < 1.29 is 0 Å². The van der Waals surface area contributed by atoms with Gasteiger partial charge in [0.1, 0.15) is 6.62 Å². The van der Waals surface area contributed by atoms with Crippen molar-refractivity contribution in [2.45, 2.75) is 135 Å². The summed E-state index contributed by atoms with van der Waals surface area (Å²) in [5, 5.41) is 0. The Morgan fingerprint density at radius 1 is 0.423 bits per heavy atom. The molecule has 2 heteroatoms. The second-order valence-electron chi connectivity index (χ2n) is 8.98. The fraction of sp³-hybridized carbons (Fsp3) is 1.00. The summed E-state index contributed by atoms with van der Waals surface area (Å²) in [7, 11) is 0. The Hall–Kier alpha value is 0.720. The summed E-state index contributed by atoms with van der Waals surface area (Å²) >= 11 is 6.33. The number of rotatable bonds is 21. The van der Waals surface area contributed by atoms with Crippen LogP contribution in [0.15, 0.2) is 0 Å². The SMILES string of the molecule is CCCCCCCCCCCCCCCCCCCCCC[P+](C)(C)Cl. The number of unbranched alkanes of at least 4 members (excludes halogenated alkanes) is 19. The molecule has 0 aromatic rings. The topological polar surface area (TPSA) is 0 Å². The van der Waals surface area contributed by atoms with Gasteiger partial charge in [-0.25, -0.2) is 0 Å². The fourth-order valence-electron chi connectivity index (χ4n) is 3.74. The van der Waals surface area contributed by atoms with E-state index in [-0.39, 0.29) is 0 Å². The Morgan fingerprint density at radius 3 is 0.885 bits per heavy atom. The monoisotopic (exact) mass is 405 g/mol. The molecular weight excluding hydrogens is 355 g/mol. The smallest absolute Gasteiger partial charge is 0.0654 e. The molecule has 0 aromatic carbocycles. The van der Waals surface area contributed by atoms with E-state index in [1.54, 1.807) is 0 Å². The molecule has 0 aromatic heterocycles.